The summed E-state index contributed by atoms with van der Waals surface area (Å²) in [5.74, 6) is 0.919. The second-order valence-corrected chi connectivity index (χ2v) is 4.26. The van der Waals surface area contributed by atoms with Gasteiger partial charge in [-0.3, -0.25) is 0 Å². The van der Waals surface area contributed by atoms with Gasteiger partial charge in [0.1, 0.15) is 5.75 Å². The summed E-state index contributed by atoms with van der Waals surface area (Å²) >= 11 is 0. The minimum absolute atomic E-state index is 0.521. The molecule has 0 aromatic heterocycles. The zero-order valence-corrected chi connectivity index (χ0v) is 11.1. The number of nitrogens with one attached hydrogen (secondary N) is 2. The highest BCUT2D eigenvalue weighted by atomic mass is 16.5. The highest BCUT2D eigenvalue weighted by Gasteiger charge is 2.00. The van der Waals surface area contributed by atoms with Crippen LogP contribution in [-0.2, 0) is 6.42 Å². The maximum Gasteiger partial charge on any atom is 0.118 e. The molecule has 1 aromatic rings. The van der Waals surface area contributed by atoms with Gasteiger partial charge in [-0.25, -0.2) is 0 Å². The number of benzene rings is 1. The molecule has 0 amide bonds. The number of hydrogen-bond acceptors (Lipinski definition) is 3. The van der Waals surface area contributed by atoms with Crippen LogP contribution in [0.1, 0.15) is 19.4 Å². The largest absolute Gasteiger partial charge is 0.497 e. The normalized spacial score (nSPS) is 12.4. The van der Waals surface area contributed by atoms with E-state index in [1.807, 2.05) is 12.1 Å². The van der Waals surface area contributed by atoms with Crippen LogP contribution in [0.15, 0.2) is 24.3 Å². The van der Waals surface area contributed by atoms with Crippen LogP contribution in [0.25, 0.3) is 0 Å². The summed E-state index contributed by atoms with van der Waals surface area (Å²) in [4.78, 5) is 0. The van der Waals surface area contributed by atoms with Crippen LogP contribution in [0.5, 0.6) is 5.75 Å². The molecule has 3 heteroatoms. The lowest BCUT2D eigenvalue weighted by Gasteiger charge is -2.14. The van der Waals surface area contributed by atoms with Gasteiger partial charge in [0.05, 0.1) is 7.11 Å². The maximum absolute atomic E-state index is 5.13. The Balaban J connectivity index is 2.21. The van der Waals surface area contributed by atoms with Gasteiger partial charge in [-0.1, -0.05) is 19.1 Å². The van der Waals surface area contributed by atoms with E-state index in [1.54, 1.807) is 7.11 Å². The van der Waals surface area contributed by atoms with Crippen molar-refractivity contribution >= 4 is 0 Å². The predicted molar refractivity (Wildman–Crippen MR) is 72.7 cm³/mol. The van der Waals surface area contributed by atoms with E-state index in [0.717, 1.165) is 31.8 Å². The average molecular weight is 236 g/mol. The quantitative estimate of drug-likeness (QED) is 0.722. The van der Waals surface area contributed by atoms with Gasteiger partial charge in [0, 0.05) is 12.6 Å². The smallest absolute Gasteiger partial charge is 0.118 e. The van der Waals surface area contributed by atoms with Crippen molar-refractivity contribution in [3.8, 4) is 5.75 Å². The molecule has 1 unspecified atom stereocenters. The van der Waals surface area contributed by atoms with Gasteiger partial charge in [0.25, 0.3) is 0 Å². The molecular weight excluding hydrogens is 212 g/mol. The summed E-state index contributed by atoms with van der Waals surface area (Å²) in [6.07, 6.45) is 1.06. The van der Waals surface area contributed by atoms with Gasteiger partial charge in [-0.2, -0.15) is 0 Å². The van der Waals surface area contributed by atoms with Crippen LogP contribution in [-0.4, -0.2) is 32.8 Å². The van der Waals surface area contributed by atoms with E-state index in [2.05, 4.69) is 36.6 Å². The molecule has 0 saturated heterocycles. The van der Waals surface area contributed by atoms with E-state index in [-0.39, 0.29) is 0 Å². The van der Waals surface area contributed by atoms with Crippen LogP contribution in [0.2, 0.25) is 0 Å². The Hall–Kier alpha value is -1.06. The summed E-state index contributed by atoms with van der Waals surface area (Å²) < 4.78 is 5.13. The van der Waals surface area contributed by atoms with Crippen molar-refractivity contribution in [1.82, 2.24) is 10.6 Å². The minimum atomic E-state index is 0.521. The Kier molecular flexibility index (Phi) is 6.67. The van der Waals surface area contributed by atoms with Crippen LogP contribution in [0.3, 0.4) is 0 Å². The molecule has 0 aliphatic rings. The predicted octanol–water partition coefficient (Wildman–Crippen LogP) is 1.83. The van der Waals surface area contributed by atoms with Crippen LogP contribution >= 0.6 is 0 Å². The number of rotatable bonds is 8. The first kappa shape index (κ1) is 14.0. The summed E-state index contributed by atoms with van der Waals surface area (Å²) in [6, 6.07) is 8.79. The first-order valence-corrected chi connectivity index (χ1v) is 6.33. The number of ether oxygens (including phenoxy) is 1. The minimum Gasteiger partial charge on any atom is -0.497 e. The third kappa shape index (κ3) is 5.71. The summed E-state index contributed by atoms with van der Waals surface area (Å²) in [7, 11) is 1.69. The summed E-state index contributed by atoms with van der Waals surface area (Å²) in [5.41, 5.74) is 1.34. The highest BCUT2D eigenvalue weighted by Crippen LogP contribution is 2.11. The second-order valence-electron chi connectivity index (χ2n) is 4.26. The molecule has 0 radical (unpaired) electrons. The molecule has 96 valence electrons. The molecule has 1 aromatic carbocycles. The van der Waals surface area contributed by atoms with Crippen molar-refractivity contribution in [2.75, 3.05) is 26.7 Å². The van der Waals surface area contributed by atoms with Crippen molar-refractivity contribution in [2.24, 2.45) is 0 Å². The molecule has 17 heavy (non-hydrogen) atoms. The van der Waals surface area contributed by atoms with E-state index in [0.29, 0.717) is 6.04 Å². The van der Waals surface area contributed by atoms with Gasteiger partial charge >= 0.3 is 0 Å². The molecule has 1 rings (SSSR count). The fourth-order valence-electron chi connectivity index (χ4n) is 1.69. The first-order valence-electron chi connectivity index (χ1n) is 6.33. The fraction of sp³-hybridized carbons (Fsp3) is 0.571. The van der Waals surface area contributed by atoms with Crippen LogP contribution in [0.4, 0.5) is 0 Å². The zero-order chi connectivity index (χ0) is 12.5. The van der Waals surface area contributed by atoms with E-state index >= 15 is 0 Å². The Morgan fingerprint density at radius 1 is 1.24 bits per heavy atom. The number of likely N-dealkylation sites (N-methyl/N-ethyl adjacent to an activating group) is 1. The molecule has 0 fully saturated rings. The van der Waals surface area contributed by atoms with Crippen molar-refractivity contribution < 1.29 is 4.74 Å². The van der Waals surface area contributed by atoms with Crippen molar-refractivity contribution in [1.29, 1.82) is 0 Å². The first-order chi connectivity index (χ1) is 8.26. The second kappa shape index (κ2) is 8.09. The Labute approximate surface area is 105 Å². The fourth-order valence-corrected chi connectivity index (χ4v) is 1.69. The molecular formula is C14H24N2O. The van der Waals surface area contributed by atoms with Gasteiger partial charge < -0.3 is 15.4 Å². The number of methoxy groups -OCH3 is 1. The van der Waals surface area contributed by atoms with Gasteiger partial charge in [-0.15, -0.1) is 0 Å². The van der Waals surface area contributed by atoms with E-state index < -0.39 is 0 Å². The third-order valence-corrected chi connectivity index (χ3v) is 2.77. The highest BCUT2D eigenvalue weighted by molar-refractivity contribution is 5.27. The van der Waals surface area contributed by atoms with E-state index in [4.69, 9.17) is 4.74 Å². The molecule has 0 aliphatic heterocycles. The monoisotopic (exact) mass is 236 g/mol. The summed E-state index contributed by atoms with van der Waals surface area (Å²) in [6.45, 7) is 7.41. The zero-order valence-electron chi connectivity index (χ0n) is 11.1. The van der Waals surface area contributed by atoms with Crippen LogP contribution < -0.4 is 15.4 Å². The van der Waals surface area contributed by atoms with Gasteiger partial charge in [0.15, 0.2) is 0 Å². The van der Waals surface area contributed by atoms with E-state index in [1.165, 1.54) is 5.56 Å². The Morgan fingerprint density at radius 2 is 1.94 bits per heavy atom. The lowest BCUT2D eigenvalue weighted by molar-refractivity contribution is 0.414. The number of hydrogen-bond donors (Lipinski definition) is 2. The topological polar surface area (TPSA) is 33.3 Å². The van der Waals surface area contributed by atoms with Crippen molar-refractivity contribution in [2.45, 2.75) is 26.3 Å². The molecule has 0 aliphatic carbocycles. The molecule has 0 saturated carbocycles. The molecule has 0 bridgehead atoms. The third-order valence-electron chi connectivity index (χ3n) is 2.77. The Morgan fingerprint density at radius 3 is 2.53 bits per heavy atom. The molecule has 0 heterocycles. The van der Waals surface area contributed by atoms with Crippen molar-refractivity contribution in [3.05, 3.63) is 29.8 Å². The Bertz CT molecular complexity index is 298. The lowest BCUT2D eigenvalue weighted by Crippen LogP contribution is -2.37. The van der Waals surface area contributed by atoms with Crippen LogP contribution in [0, 0.1) is 0 Å². The SMILES string of the molecule is CCNCC(C)NCCc1ccc(OC)cc1. The van der Waals surface area contributed by atoms with Gasteiger partial charge in [0.2, 0.25) is 0 Å². The molecule has 0 spiro atoms. The molecule has 1 atom stereocenters. The average Bonchev–Trinajstić information content (AvgIpc) is 2.37. The molecule has 2 N–H and O–H groups in total. The standard InChI is InChI=1S/C14H24N2O/c1-4-15-11-12(2)16-10-9-13-5-7-14(17-3)8-6-13/h5-8,12,15-16H,4,9-11H2,1-3H3. The van der Waals surface area contributed by atoms with Gasteiger partial charge in [-0.05, 0) is 44.1 Å². The van der Waals surface area contributed by atoms with E-state index in [9.17, 15) is 0 Å². The molecule has 3 nitrogen and oxygen atoms in total. The lowest BCUT2D eigenvalue weighted by atomic mass is 10.1. The summed E-state index contributed by atoms with van der Waals surface area (Å²) in [5, 5.41) is 6.83. The maximum atomic E-state index is 5.13. The van der Waals surface area contributed by atoms with Crippen molar-refractivity contribution in [3.63, 3.8) is 0 Å².